The first-order chi connectivity index (χ1) is 14.1. The summed E-state index contributed by atoms with van der Waals surface area (Å²) >= 11 is 0. The second-order valence-electron chi connectivity index (χ2n) is 6.36. The molecule has 0 aliphatic carbocycles. The molecule has 4 aromatic rings. The number of likely N-dealkylation sites (N-methyl/N-ethyl adjacent to an activating group) is 1. The van der Waals surface area contributed by atoms with Crippen LogP contribution in [0.5, 0.6) is 5.75 Å². The standard InChI is InChI=1S/C21H17N3O5/c1-24(12-18-22-23-21(29-18)15-5-3-2-4-6-15)19(25)13-27-16-9-7-14-8-10-20(26)28-17(14)11-16/h2-11H,12-13H2,1H3. The van der Waals surface area contributed by atoms with Gasteiger partial charge < -0.3 is 18.5 Å². The van der Waals surface area contributed by atoms with Crippen LogP contribution >= 0.6 is 0 Å². The van der Waals surface area contributed by atoms with Crippen LogP contribution in [0.2, 0.25) is 0 Å². The normalized spacial score (nSPS) is 10.8. The van der Waals surface area contributed by atoms with E-state index in [1.54, 1.807) is 31.3 Å². The molecule has 0 saturated carbocycles. The fraction of sp³-hybridized carbons (Fsp3) is 0.143. The van der Waals surface area contributed by atoms with Crippen molar-refractivity contribution in [2.45, 2.75) is 6.54 Å². The lowest BCUT2D eigenvalue weighted by atomic mass is 10.2. The zero-order valence-corrected chi connectivity index (χ0v) is 15.6. The summed E-state index contributed by atoms with van der Waals surface area (Å²) in [6.45, 7) is -0.0205. The van der Waals surface area contributed by atoms with Gasteiger partial charge in [0, 0.05) is 30.1 Å². The number of carbonyl (C=O) groups is 1. The van der Waals surface area contributed by atoms with Gasteiger partial charge in [-0.15, -0.1) is 10.2 Å². The topological polar surface area (TPSA) is 98.7 Å². The maximum absolute atomic E-state index is 12.4. The Kier molecular flexibility index (Phi) is 5.07. The van der Waals surface area contributed by atoms with Crippen molar-refractivity contribution in [2.75, 3.05) is 13.7 Å². The first-order valence-corrected chi connectivity index (χ1v) is 8.87. The van der Waals surface area contributed by atoms with Gasteiger partial charge in [0.1, 0.15) is 11.3 Å². The molecule has 0 fully saturated rings. The highest BCUT2D eigenvalue weighted by molar-refractivity contribution is 5.79. The number of aromatic nitrogens is 2. The number of hydrogen-bond donors (Lipinski definition) is 0. The fourth-order valence-corrected chi connectivity index (χ4v) is 2.69. The van der Waals surface area contributed by atoms with Crippen LogP contribution in [0.3, 0.4) is 0 Å². The fourth-order valence-electron chi connectivity index (χ4n) is 2.69. The number of hydrogen-bond acceptors (Lipinski definition) is 7. The van der Waals surface area contributed by atoms with Gasteiger partial charge in [0.2, 0.25) is 11.8 Å². The van der Waals surface area contributed by atoms with E-state index in [4.69, 9.17) is 13.6 Å². The third-order valence-electron chi connectivity index (χ3n) is 4.24. The van der Waals surface area contributed by atoms with E-state index < -0.39 is 5.63 Å². The molecule has 0 bridgehead atoms. The Labute approximate surface area is 165 Å². The van der Waals surface area contributed by atoms with Crippen LogP contribution in [0.1, 0.15) is 5.89 Å². The van der Waals surface area contributed by atoms with Crippen LogP contribution in [0.15, 0.2) is 74.3 Å². The van der Waals surface area contributed by atoms with Crippen LogP contribution in [-0.2, 0) is 11.3 Å². The van der Waals surface area contributed by atoms with E-state index in [0.29, 0.717) is 23.1 Å². The minimum absolute atomic E-state index is 0.161. The molecule has 0 unspecified atom stereocenters. The molecule has 0 N–H and O–H groups in total. The summed E-state index contributed by atoms with van der Waals surface area (Å²) in [4.78, 5) is 25.1. The number of amides is 1. The van der Waals surface area contributed by atoms with E-state index in [2.05, 4.69) is 10.2 Å². The van der Waals surface area contributed by atoms with Crippen LogP contribution in [-0.4, -0.2) is 34.7 Å². The quantitative estimate of drug-likeness (QED) is 0.466. The summed E-state index contributed by atoms with van der Waals surface area (Å²) in [6, 6.07) is 17.4. The van der Waals surface area contributed by atoms with Crippen molar-refractivity contribution < 1.29 is 18.4 Å². The summed E-state index contributed by atoms with van der Waals surface area (Å²) in [7, 11) is 1.62. The highest BCUT2D eigenvalue weighted by Gasteiger charge is 2.15. The number of ether oxygens (including phenoxy) is 1. The largest absolute Gasteiger partial charge is 0.484 e. The van der Waals surface area contributed by atoms with Gasteiger partial charge in [-0.3, -0.25) is 4.79 Å². The molecule has 0 radical (unpaired) electrons. The molecule has 0 saturated heterocycles. The number of fused-ring (bicyclic) bond motifs is 1. The second-order valence-corrected chi connectivity index (χ2v) is 6.36. The van der Waals surface area contributed by atoms with Crippen molar-refractivity contribution in [3.63, 3.8) is 0 Å². The Hall–Kier alpha value is -3.94. The van der Waals surface area contributed by atoms with Gasteiger partial charge in [0.05, 0.1) is 6.54 Å². The molecule has 1 amide bonds. The van der Waals surface area contributed by atoms with Crippen molar-refractivity contribution in [2.24, 2.45) is 0 Å². The van der Waals surface area contributed by atoms with Gasteiger partial charge in [-0.05, 0) is 30.3 Å². The maximum Gasteiger partial charge on any atom is 0.336 e. The molecule has 8 nitrogen and oxygen atoms in total. The summed E-state index contributed by atoms with van der Waals surface area (Å²) in [6.07, 6.45) is 0. The molecule has 2 aromatic carbocycles. The van der Waals surface area contributed by atoms with Crippen molar-refractivity contribution >= 4 is 16.9 Å². The lowest BCUT2D eigenvalue weighted by Gasteiger charge is -2.15. The Morgan fingerprint density at radius 3 is 2.66 bits per heavy atom. The number of nitrogens with zero attached hydrogens (tertiary/aromatic N) is 3. The summed E-state index contributed by atoms with van der Waals surface area (Å²) in [5, 5.41) is 8.76. The molecule has 0 spiro atoms. The van der Waals surface area contributed by atoms with Crippen molar-refractivity contribution in [1.82, 2.24) is 15.1 Å². The van der Waals surface area contributed by atoms with E-state index in [-0.39, 0.29) is 19.1 Å². The van der Waals surface area contributed by atoms with Crippen molar-refractivity contribution in [3.05, 3.63) is 77.0 Å². The zero-order valence-electron chi connectivity index (χ0n) is 15.6. The number of rotatable bonds is 6. The van der Waals surface area contributed by atoms with Gasteiger partial charge in [0.15, 0.2) is 6.61 Å². The van der Waals surface area contributed by atoms with Crippen LogP contribution in [0.4, 0.5) is 0 Å². The van der Waals surface area contributed by atoms with E-state index in [0.717, 1.165) is 10.9 Å². The molecule has 8 heteroatoms. The predicted molar refractivity (Wildman–Crippen MR) is 104 cm³/mol. The Morgan fingerprint density at radius 1 is 1.03 bits per heavy atom. The number of carbonyl (C=O) groups excluding carboxylic acids is 1. The first kappa shape index (κ1) is 18.4. The molecule has 146 valence electrons. The Bertz CT molecular complexity index is 1200. The molecule has 2 heterocycles. The summed E-state index contributed by atoms with van der Waals surface area (Å²) < 4.78 is 16.3. The summed E-state index contributed by atoms with van der Waals surface area (Å²) in [5.74, 6) is 0.888. The minimum atomic E-state index is -0.445. The lowest BCUT2D eigenvalue weighted by Crippen LogP contribution is -2.31. The van der Waals surface area contributed by atoms with Crippen LogP contribution in [0.25, 0.3) is 22.4 Å². The van der Waals surface area contributed by atoms with Gasteiger partial charge in [-0.1, -0.05) is 18.2 Å². The monoisotopic (exact) mass is 391 g/mol. The third kappa shape index (κ3) is 4.32. The lowest BCUT2D eigenvalue weighted by molar-refractivity contribution is -0.132. The third-order valence-corrected chi connectivity index (χ3v) is 4.24. The second kappa shape index (κ2) is 7.97. The van der Waals surface area contributed by atoms with E-state index in [9.17, 15) is 9.59 Å². The Balaban J connectivity index is 1.36. The summed E-state index contributed by atoms with van der Waals surface area (Å²) in [5.41, 5.74) is 0.765. The SMILES string of the molecule is CN(Cc1nnc(-c2ccccc2)o1)C(=O)COc1ccc2ccc(=O)oc2c1. The van der Waals surface area contributed by atoms with E-state index in [1.807, 2.05) is 30.3 Å². The molecular formula is C21H17N3O5. The molecule has 0 aliphatic heterocycles. The smallest absolute Gasteiger partial charge is 0.336 e. The molecule has 29 heavy (non-hydrogen) atoms. The van der Waals surface area contributed by atoms with E-state index >= 15 is 0 Å². The van der Waals surface area contributed by atoms with Gasteiger partial charge in [-0.2, -0.15) is 0 Å². The molecule has 2 aromatic heterocycles. The van der Waals surface area contributed by atoms with Crippen molar-refractivity contribution in [1.29, 1.82) is 0 Å². The minimum Gasteiger partial charge on any atom is -0.484 e. The predicted octanol–water partition coefficient (Wildman–Crippen LogP) is 2.88. The average Bonchev–Trinajstić information content (AvgIpc) is 3.20. The Morgan fingerprint density at radius 2 is 1.83 bits per heavy atom. The van der Waals surface area contributed by atoms with Crippen LogP contribution < -0.4 is 10.4 Å². The first-order valence-electron chi connectivity index (χ1n) is 8.87. The maximum atomic E-state index is 12.4. The molecule has 4 rings (SSSR count). The van der Waals surface area contributed by atoms with Crippen molar-refractivity contribution in [3.8, 4) is 17.2 Å². The van der Waals surface area contributed by atoms with Gasteiger partial charge in [-0.25, -0.2) is 4.79 Å². The highest BCUT2D eigenvalue weighted by Crippen LogP contribution is 2.20. The average molecular weight is 391 g/mol. The zero-order chi connectivity index (χ0) is 20.2. The van der Waals surface area contributed by atoms with Crippen LogP contribution in [0, 0.1) is 0 Å². The molecule has 0 aliphatic rings. The molecular weight excluding hydrogens is 374 g/mol. The highest BCUT2D eigenvalue weighted by atomic mass is 16.5. The van der Waals surface area contributed by atoms with Gasteiger partial charge >= 0.3 is 5.63 Å². The molecule has 0 atom stereocenters. The van der Waals surface area contributed by atoms with E-state index in [1.165, 1.54) is 11.0 Å². The van der Waals surface area contributed by atoms with Gasteiger partial charge in [0.25, 0.3) is 5.91 Å². The number of benzene rings is 2.